The van der Waals surface area contributed by atoms with Crippen LogP contribution in [-0.2, 0) is 0 Å². The minimum Gasteiger partial charge on any atom is -0.476 e. The number of benzene rings is 1. The highest BCUT2D eigenvalue weighted by atomic mass is 35.5. The van der Waals surface area contributed by atoms with Gasteiger partial charge in [0.15, 0.2) is 5.82 Å². The van der Waals surface area contributed by atoms with Crippen LogP contribution in [-0.4, -0.2) is 50.9 Å². The Labute approximate surface area is 126 Å². The molecule has 0 fully saturated rings. The topological polar surface area (TPSA) is 91.5 Å². The third-order valence-electron chi connectivity index (χ3n) is 2.89. The van der Waals surface area contributed by atoms with E-state index in [1.165, 1.54) is 4.80 Å². The zero-order chi connectivity index (χ0) is 15.4. The van der Waals surface area contributed by atoms with Gasteiger partial charge in [0.25, 0.3) is 0 Å². The van der Waals surface area contributed by atoms with Crippen LogP contribution in [0.25, 0.3) is 5.69 Å². The van der Waals surface area contributed by atoms with Gasteiger partial charge in [0.2, 0.25) is 5.69 Å². The number of hydrogen-bond donors (Lipinski definition) is 2. The number of likely N-dealkylation sites (N-methyl/N-ethyl adjacent to an activating group) is 1. The number of carboxylic acids is 1. The molecule has 0 radical (unpaired) electrons. The maximum atomic E-state index is 11.3. The summed E-state index contributed by atoms with van der Waals surface area (Å²) in [5, 5.41) is 27.0. The van der Waals surface area contributed by atoms with Crippen molar-refractivity contribution < 1.29 is 15.0 Å². The van der Waals surface area contributed by atoms with E-state index in [9.17, 15) is 9.90 Å². The van der Waals surface area contributed by atoms with E-state index >= 15 is 0 Å². The van der Waals surface area contributed by atoms with Crippen molar-refractivity contribution in [3.05, 3.63) is 35.0 Å². The van der Waals surface area contributed by atoms with E-state index in [1.807, 2.05) is 6.92 Å². The van der Waals surface area contributed by atoms with Crippen molar-refractivity contribution in [2.24, 2.45) is 0 Å². The van der Waals surface area contributed by atoms with Crippen molar-refractivity contribution in [3.8, 4) is 5.69 Å². The zero-order valence-electron chi connectivity index (χ0n) is 11.4. The first kappa shape index (κ1) is 15.3. The molecule has 2 aromatic rings. The predicted molar refractivity (Wildman–Crippen MR) is 78.3 cm³/mol. The summed E-state index contributed by atoms with van der Waals surface area (Å²) in [6.45, 7) is 2.54. The lowest BCUT2D eigenvalue weighted by Gasteiger charge is -2.18. The second-order valence-electron chi connectivity index (χ2n) is 4.25. The van der Waals surface area contributed by atoms with E-state index in [2.05, 4.69) is 10.2 Å². The number of carboxylic acid groups (broad SMARTS) is 1. The summed E-state index contributed by atoms with van der Waals surface area (Å²) < 4.78 is 0. The fourth-order valence-corrected chi connectivity index (χ4v) is 2.09. The Kier molecular flexibility index (Phi) is 4.77. The van der Waals surface area contributed by atoms with Gasteiger partial charge in [-0.15, -0.1) is 15.0 Å². The molecule has 21 heavy (non-hydrogen) atoms. The molecule has 0 atom stereocenters. The smallest absolute Gasteiger partial charge is 0.360 e. The van der Waals surface area contributed by atoms with Crippen molar-refractivity contribution in [1.29, 1.82) is 0 Å². The van der Waals surface area contributed by atoms with Crippen LogP contribution >= 0.6 is 11.6 Å². The van der Waals surface area contributed by atoms with Gasteiger partial charge in [-0.25, -0.2) is 4.79 Å². The molecule has 0 saturated carbocycles. The summed E-state index contributed by atoms with van der Waals surface area (Å²) >= 11 is 5.91. The van der Waals surface area contributed by atoms with Crippen LogP contribution in [0.3, 0.4) is 0 Å². The Balaban J connectivity index is 2.48. The second kappa shape index (κ2) is 6.55. The van der Waals surface area contributed by atoms with Crippen LogP contribution < -0.4 is 4.90 Å². The molecule has 0 spiro atoms. The summed E-state index contributed by atoms with van der Waals surface area (Å²) in [6.07, 6.45) is 0. The van der Waals surface area contributed by atoms with E-state index < -0.39 is 5.97 Å². The highest BCUT2D eigenvalue weighted by molar-refractivity contribution is 6.30. The maximum absolute atomic E-state index is 11.3. The molecule has 7 nitrogen and oxygen atoms in total. The van der Waals surface area contributed by atoms with Crippen molar-refractivity contribution in [2.45, 2.75) is 6.92 Å². The normalized spacial score (nSPS) is 10.6. The number of aromatic nitrogens is 3. The average Bonchev–Trinajstić information content (AvgIpc) is 2.90. The lowest BCUT2D eigenvalue weighted by molar-refractivity contribution is 0.0690. The number of carbonyl (C=O) groups is 1. The molecule has 0 unspecified atom stereocenters. The van der Waals surface area contributed by atoms with Crippen LogP contribution in [0.15, 0.2) is 24.3 Å². The molecule has 2 rings (SSSR count). The van der Waals surface area contributed by atoms with E-state index in [4.69, 9.17) is 16.7 Å². The molecule has 0 saturated heterocycles. The Bertz CT molecular complexity index is 644. The van der Waals surface area contributed by atoms with E-state index in [1.54, 1.807) is 29.2 Å². The molecule has 0 bridgehead atoms. The van der Waals surface area contributed by atoms with E-state index in [0.717, 1.165) is 0 Å². The molecule has 2 N–H and O–H groups in total. The second-order valence-corrected chi connectivity index (χ2v) is 4.69. The maximum Gasteiger partial charge on any atom is 0.360 e. The number of hydrogen-bond acceptors (Lipinski definition) is 5. The van der Waals surface area contributed by atoms with Crippen molar-refractivity contribution in [3.63, 3.8) is 0 Å². The number of aliphatic hydroxyl groups excluding tert-OH is 1. The SMILES string of the molecule is CCN(CCO)c1nn(-c2cccc(Cl)c2)nc1C(=O)O. The minimum atomic E-state index is -1.17. The number of aliphatic hydroxyl groups is 1. The van der Waals surface area contributed by atoms with Crippen LogP contribution in [0.2, 0.25) is 5.02 Å². The van der Waals surface area contributed by atoms with Crippen LogP contribution in [0.5, 0.6) is 0 Å². The lowest BCUT2D eigenvalue weighted by Crippen LogP contribution is -2.28. The molecular formula is C13H15ClN4O3. The fraction of sp³-hybridized carbons (Fsp3) is 0.308. The molecule has 0 aliphatic rings. The first-order valence-corrected chi connectivity index (χ1v) is 6.77. The van der Waals surface area contributed by atoms with Gasteiger partial charge in [-0.1, -0.05) is 17.7 Å². The highest BCUT2D eigenvalue weighted by Gasteiger charge is 2.22. The van der Waals surface area contributed by atoms with E-state index in [0.29, 0.717) is 17.3 Å². The summed E-state index contributed by atoms with van der Waals surface area (Å²) in [4.78, 5) is 14.2. The molecule has 0 amide bonds. The van der Waals surface area contributed by atoms with Gasteiger partial charge in [0, 0.05) is 18.1 Å². The number of nitrogens with zero attached hydrogens (tertiary/aromatic N) is 4. The first-order valence-electron chi connectivity index (χ1n) is 6.39. The monoisotopic (exact) mass is 310 g/mol. The van der Waals surface area contributed by atoms with Crippen molar-refractivity contribution in [1.82, 2.24) is 15.0 Å². The predicted octanol–water partition coefficient (Wildman–Crippen LogP) is 1.44. The van der Waals surface area contributed by atoms with E-state index in [-0.39, 0.29) is 24.7 Å². The Morgan fingerprint density at radius 2 is 2.19 bits per heavy atom. The third kappa shape index (κ3) is 3.32. The molecule has 1 aromatic heterocycles. The van der Waals surface area contributed by atoms with Gasteiger partial charge in [-0.3, -0.25) is 0 Å². The molecule has 1 heterocycles. The Morgan fingerprint density at radius 1 is 1.43 bits per heavy atom. The first-order chi connectivity index (χ1) is 10.1. The molecule has 8 heteroatoms. The highest BCUT2D eigenvalue weighted by Crippen LogP contribution is 2.19. The van der Waals surface area contributed by atoms with Gasteiger partial charge in [0.1, 0.15) is 0 Å². The van der Waals surface area contributed by atoms with Crippen molar-refractivity contribution in [2.75, 3.05) is 24.6 Å². The van der Waals surface area contributed by atoms with Gasteiger partial charge >= 0.3 is 5.97 Å². The quantitative estimate of drug-likeness (QED) is 0.839. The standard InChI is InChI=1S/C13H15ClN4O3/c1-2-17(6-7-19)12-11(13(20)21)15-18(16-12)10-5-3-4-9(14)8-10/h3-5,8,19H,2,6-7H2,1H3,(H,20,21). The summed E-state index contributed by atoms with van der Waals surface area (Å²) in [5.41, 5.74) is 0.404. The summed E-state index contributed by atoms with van der Waals surface area (Å²) in [7, 11) is 0. The molecule has 112 valence electrons. The summed E-state index contributed by atoms with van der Waals surface area (Å²) in [6, 6.07) is 6.80. The number of halogens is 1. The zero-order valence-corrected chi connectivity index (χ0v) is 12.2. The number of anilines is 1. The molecule has 0 aliphatic carbocycles. The Hall–Kier alpha value is -2.12. The van der Waals surface area contributed by atoms with Crippen LogP contribution in [0.1, 0.15) is 17.4 Å². The average molecular weight is 311 g/mol. The molecular weight excluding hydrogens is 296 g/mol. The number of aromatic carboxylic acids is 1. The van der Waals surface area contributed by atoms with Crippen LogP contribution in [0, 0.1) is 0 Å². The third-order valence-corrected chi connectivity index (χ3v) is 3.12. The minimum absolute atomic E-state index is 0.100. The lowest BCUT2D eigenvalue weighted by atomic mass is 10.3. The van der Waals surface area contributed by atoms with Crippen LogP contribution in [0.4, 0.5) is 5.82 Å². The fourth-order valence-electron chi connectivity index (χ4n) is 1.90. The summed E-state index contributed by atoms with van der Waals surface area (Å²) in [5.74, 6) is -0.950. The molecule has 0 aliphatic heterocycles. The van der Waals surface area contributed by atoms with Gasteiger partial charge in [-0.2, -0.15) is 0 Å². The largest absolute Gasteiger partial charge is 0.476 e. The van der Waals surface area contributed by atoms with Gasteiger partial charge in [0.05, 0.1) is 12.3 Å². The van der Waals surface area contributed by atoms with Gasteiger partial charge < -0.3 is 15.1 Å². The molecule has 1 aromatic carbocycles. The van der Waals surface area contributed by atoms with Gasteiger partial charge in [-0.05, 0) is 25.1 Å². The number of rotatable bonds is 6. The Morgan fingerprint density at radius 3 is 2.76 bits per heavy atom. The van der Waals surface area contributed by atoms with Crippen molar-refractivity contribution >= 4 is 23.4 Å².